The van der Waals surface area contributed by atoms with Gasteiger partial charge in [0.2, 0.25) is 0 Å². The van der Waals surface area contributed by atoms with Crippen LogP contribution >= 0.6 is 0 Å². The first-order valence-electron chi connectivity index (χ1n) is 6.78. The average molecular weight is 254 g/mol. The summed E-state index contributed by atoms with van der Waals surface area (Å²) in [4.78, 5) is 4.47. The standard InChI is InChI=1S/C16H18N2O/c1-2-19-13-6-7-14-12(11-13)8-10-18-16(14)15-5-3-4-9-17-15/h3-7,9,11,16,18H,2,8,10H2,1H3. The fraction of sp³-hybridized carbons (Fsp3) is 0.312. The summed E-state index contributed by atoms with van der Waals surface area (Å²) < 4.78 is 5.58. The molecule has 0 aliphatic carbocycles. The predicted molar refractivity (Wildman–Crippen MR) is 75.4 cm³/mol. The first-order chi connectivity index (χ1) is 9.38. The molecular weight excluding hydrogens is 236 g/mol. The topological polar surface area (TPSA) is 34.1 Å². The van der Waals surface area contributed by atoms with Crippen LogP contribution in [-0.4, -0.2) is 18.1 Å². The van der Waals surface area contributed by atoms with E-state index in [1.54, 1.807) is 0 Å². The van der Waals surface area contributed by atoms with E-state index in [9.17, 15) is 0 Å². The van der Waals surface area contributed by atoms with Gasteiger partial charge in [0.1, 0.15) is 5.75 Å². The molecule has 1 aromatic carbocycles. The molecule has 0 saturated carbocycles. The summed E-state index contributed by atoms with van der Waals surface area (Å²) in [6.07, 6.45) is 2.89. The largest absolute Gasteiger partial charge is 0.494 e. The lowest BCUT2D eigenvalue weighted by Gasteiger charge is -2.27. The molecule has 3 heteroatoms. The van der Waals surface area contributed by atoms with Gasteiger partial charge in [-0.2, -0.15) is 0 Å². The van der Waals surface area contributed by atoms with Crippen molar-refractivity contribution in [3.05, 3.63) is 59.4 Å². The zero-order valence-electron chi connectivity index (χ0n) is 11.1. The molecule has 3 rings (SSSR count). The Hall–Kier alpha value is -1.87. The molecule has 1 N–H and O–H groups in total. The molecule has 2 aromatic rings. The Bertz CT molecular complexity index is 554. The Kier molecular flexibility index (Phi) is 3.47. The van der Waals surface area contributed by atoms with Crippen LogP contribution < -0.4 is 10.1 Å². The van der Waals surface area contributed by atoms with Crippen molar-refractivity contribution in [2.24, 2.45) is 0 Å². The minimum atomic E-state index is 0.195. The summed E-state index contributed by atoms with van der Waals surface area (Å²) in [5.74, 6) is 0.961. The maximum atomic E-state index is 5.58. The van der Waals surface area contributed by atoms with Crippen LogP contribution in [0.2, 0.25) is 0 Å². The van der Waals surface area contributed by atoms with E-state index in [-0.39, 0.29) is 6.04 Å². The normalized spacial score (nSPS) is 17.8. The molecule has 19 heavy (non-hydrogen) atoms. The molecule has 1 aromatic heterocycles. The Balaban J connectivity index is 1.96. The third-order valence-electron chi connectivity index (χ3n) is 3.46. The molecule has 0 fully saturated rings. The van der Waals surface area contributed by atoms with Crippen LogP contribution in [0.25, 0.3) is 0 Å². The lowest BCUT2D eigenvalue weighted by molar-refractivity contribution is 0.339. The molecule has 0 saturated heterocycles. The monoisotopic (exact) mass is 254 g/mol. The highest BCUT2D eigenvalue weighted by Crippen LogP contribution is 2.30. The molecule has 2 heterocycles. The van der Waals surface area contributed by atoms with Gasteiger partial charge in [0.25, 0.3) is 0 Å². The minimum Gasteiger partial charge on any atom is -0.494 e. The fourth-order valence-corrected chi connectivity index (χ4v) is 2.61. The predicted octanol–water partition coefficient (Wildman–Crippen LogP) is 2.72. The van der Waals surface area contributed by atoms with Crippen molar-refractivity contribution in [1.29, 1.82) is 0 Å². The molecule has 98 valence electrons. The van der Waals surface area contributed by atoms with E-state index in [0.717, 1.165) is 24.4 Å². The zero-order chi connectivity index (χ0) is 13.1. The number of rotatable bonds is 3. The fourth-order valence-electron chi connectivity index (χ4n) is 2.61. The van der Waals surface area contributed by atoms with Gasteiger partial charge in [-0.1, -0.05) is 12.1 Å². The highest BCUT2D eigenvalue weighted by atomic mass is 16.5. The summed E-state index contributed by atoms with van der Waals surface area (Å²) >= 11 is 0. The van der Waals surface area contributed by atoms with E-state index in [1.807, 2.05) is 31.3 Å². The summed E-state index contributed by atoms with van der Waals surface area (Å²) in [6.45, 7) is 3.70. The number of pyridine rings is 1. The first kappa shape index (κ1) is 12.2. The Labute approximate surface area is 113 Å². The smallest absolute Gasteiger partial charge is 0.119 e. The molecule has 0 radical (unpaired) electrons. The molecule has 1 atom stereocenters. The van der Waals surface area contributed by atoms with Crippen molar-refractivity contribution in [3.8, 4) is 5.75 Å². The van der Waals surface area contributed by atoms with Gasteiger partial charge in [-0.15, -0.1) is 0 Å². The first-order valence-corrected chi connectivity index (χ1v) is 6.78. The summed E-state index contributed by atoms with van der Waals surface area (Å²) in [6, 6.07) is 12.6. The number of benzene rings is 1. The third-order valence-corrected chi connectivity index (χ3v) is 3.46. The van der Waals surface area contributed by atoms with E-state index in [4.69, 9.17) is 4.74 Å². The van der Waals surface area contributed by atoms with Crippen LogP contribution in [0.1, 0.15) is 29.8 Å². The SMILES string of the molecule is CCOc1ccc2c(c1)CCNC2c1ccccn1. The van der Waals surface area contributed by atoms with Gasteiger partial charge in [-0.3, -0.25) is 4.98 Å². The maximum Gasteiger partial charge on any atom is 0.119 e. The molecule has 0 bridgehead atoms. The van der Waals surface area contributed by atoms with Crippen molar-refractivity contribution in [2.75, 3.05) is 13.2 Å². The molecule has 1 aliphatic heterocycles. The number of hydrogen-bond acceptors (Lipinski definition) is 3. The average Bonchev–Trinajstić information content (AvgIpc) is 2.48. The van der Waals surface area contributed by atoms with Crippen LogP contribution in [0.15, 0.2) is 42.6 Å². The molecular formula is C16H18N2O. The molecule has 3 nitrogen and oxygen atoms in total. The van der Waals surface area contributed by atoms with Crippen LogP contribution in [-0.2, 0) is 6.42 Å². The van der Waals surface area contributed by atoms with E-state index < -0.39 is 0 Å². The molecule has 0 amide bonds. The van der Waals surface area contributed by atoms with E-state index in [1.165, 1.54) is 11.1 Å². The van der Waals surface area contributed by atoms with Gasteiger partial charge in [-0.25, -0.2) is 0 Å². The maximum absolute atomic E-state index is 5.58. The van der Waals surface area contributed by atoms with Crippen molar-refractivity contribution >= 4 is 0 Å². The number of nitrogens with zero attached hydrogens (tertiary/aromatic N) is 1. The quantitative estimate of drug-likeness (QED) is 0.914. The van der Waals surface area contributed by atoms with Crippen molar-refractivity contribution in [3.63, 3.8) is 0 Å². The van der Waals surface area contributed by atoms with Gasteiger partial charge in [0.05, 0.1) is 18.3 Å². The Morgan fingerprint density at radius 1 is 1.32 bits per heavy atom. The van der Waals surface area contributed by atoms with Crippen molar-refractivity contribution in [1.82, 2.24) is 10.3 Å². The van der Waals surface area contributed by atoms with E-state index in [0.29, 0.717) is 6.61 Å². The highest BCUT2D eigenvalue weighted by molar-refractivity contribution is 5.42. The lowest BCUT2D eigenvalue weighted by Crippen LogP contribution is -2.31. The summed E-state index contributed by atoms with van der Waals surface area (Å²) in [5, 5.41) is 3.54. The molecule has 0 spiro atoms. The second-order valence-electron chi connectivity index (χ2n) is 4.69. The second-order valence-corrected chi connectivity index (χ2v) is 4.69. The summed E-state index contributed by atoms with van der Waals surface area (Å²) in [7, 11) is 0. The van der Waals surface area contributed by atoms with Crippen molar-refractivity contribution < 1.29 is 4.74 Å². The van der Waals surface area contributed by atoms with Gasteiger partial charge in [0.15, 0.2) is 0 Å². The van der Waals surface area contributed by atoms with Crippen LogP contribution in [0.5, 0.6) is 5.75 Å². The van der Waals surface area contributed by atoms with Gasteiger partial charge < -0.3 is 10.1 Å². The number of nitrogens with one attached hydrogen (secondary N) is 1. The second kappa shape index (κ2) is 5.41. The van der Waals surface area contributed by atoms with Crippen LogP contribution in [0, 0.1) is 0 Å². The van der Waals surface area contributed by atoms with Crippen LogP contribution in [0.4, 0.5) is 0 Å². The minimum absolute atomic E-state index is 0.195. The summed E-state index contributed by atoms with van der Waals surface area (Å²) in [5.41, 5.74) is 3.75. The Morgan fingerprint density at radius 2 is 2.26 bits per heavy atom. The Morgan fingerprint density at radius 3 is 3.05 bits per heavy atom. The lowest BCUT2D eigenvalue weighted by atomic mass is 9.92. The van der Waals surface area contributed by atoms with Crippen LogP contribution in [0.3, 0.4) is 0 Å². The molecule has 1 unspecified atom stereocenters. The number of ether oxygens (including phenoxy) is 1. The van der Waals surface area contributed by atoms with Gasteiger partial charge >= 0.3 is 0 Å². The van der Waals surface area contributed by atoms with Gasteiger partial charge in [0, 0.05) is 12.7 Å². The highest BCUT2D eigenvalue weighted by Gasteiger charge is 2.22. The van der Waals surface area contributed by atoms with E-state index in [2.05, 4.69) is 28.5 Å². The zero-order valence-corrected chi connectivity index (χ0v) is 11.1. The van der Waals surface area contributed by atoms with Crippen molar-refractivity contribution in [2.45, 2.75) is 19.4 Å². The number of fused-ring (bicyclic) bond motifs is 1. The van der Waals surface area contributed by atoms with E-state index >= 15 is 0 Å². The third kappa shape index (κ3) is 2.47. The van der Waals surface area contributed by atoms with Gasteiger partial charge in [-0.05, 0) is 48.7 Å². The molecule has 1 aliphatic rings. The number of aromatic nitrogens is 1. The number of hydrogen-bond donors (Lipinski definition) is 1.